The van der Waals surface area contributed by atoms with E-state index in [-0.39, 0.29) is 6.04 Å². The van der Waals surface area contributed by atoms with Gasteiger partial charge in [-0.15, -0.1) is 0 Å². The molecule has 4 heteroatoms. The maximum atomic E-state index is 4.34. The van der Waals surface area contributed by atoms with Gasteiger partial charge in [0.1, 0.15) is 5.82 Å². The molecule has 1 atom stereocenters. The summed E-state index contributed by atoms with van der Waals surface area (Å²) in [6.07, 6.45) is 8.45. The third-order valence-corrected chi connectivity index (χ3v) is 2.78. The molecule has 4 nitrogen and oxygen atoms in total. The predicted octanol–water partition coefficient (Wildman–Crippen LogP) is 2.20. The van der Waals surface area contributed by atoms with Crippen molar-refractivity contribution in [3.63, 3.8) is 0 Å². The molecular weight excluding hydrogens is 212 g/mol. The van der Waals surface area contributed by atoms with Crippen molar-refractivity contribution in [2.75, 3.05) is 6.54 Å². The summed E-state index contributed by atoms with van der Waals surface area (Å²) in [5.74, 6) is 0.939. The van der Waals surface area contributed by atoms with E-state index < -0.39 is 0 Å². The summed E-state index contributed by atoms with van der Waals surface area (Å²) < 4.78 is 0. The van der Waals surface area contributed by atoms with Crippen LogP contribution in [0.4, 0.5) is 0 Å². The van der Waals surface area contributed by atoms with Crippen LogP contribution in [-0.2, 0) is 0 Å². The SMILES string of the molecule is CCCNC(c1ncc[nH]1)c1cnccc1C. The molecule has 17 heavy (non-hydrogen) atoms. The quantitative estimate of drug-likeness (QED) is 0.828. The van der Waals surface area contributed by atoms with Crippen LogP contribution < -0.4 is 5.32 Å². The summed E-state index contributed by atoms with van der Waals surface area (Å²) in [5, 5.41) is 3.50. The van der Waals surface area contributed by atoms with Crippen LogP contribution in [0, 0.1) is 6.92 Å². The molecule has 2 heterocycles. The first-order valence-electron chi connectivity index (χ1n) is 5.96. The van der Waals surface area contributed by atoms with Crippen LogP contribution in [0.1, 0.15) is 36.3 Å². The van der Waals surface area contributed by atoms with Gasteiger partial charge >= 0.3 is 0 Å². The number of hydrogen-bond acceptors (Lipinski definition) is 3. The van der Waals surface area contributed by atoms with Gasteiger partial charge < -0.3 is 10.3 Å². The summed E-state index contributed by atoms with van der Waals surface area (Å²) in [7, 11) is 0. The van der Waals surface area contributed by atoms with E-state index in [1.807, 2.05) is 24.7 Å². The van der Waals surface area contributed by atoms with Crippen molar-refractivity contribution in [1.82, 2.24) is 20.3 Å². The normalized spacial score (nSPS) is 12.6. The average Bonchev–Trinajstić information content (AvgIpc) is 2.85. The fraction of sp³-hybridized carbons (Fsp3) is 0.385. The fourth-order valence-corrected chi connectivity index (χ4v) is 1.86. The number of aromatic amines is 1. The molecule has 0 amide bonds. The molecule has 0 saturated heterocycles. The molecule has 0 fully saturated rings. The van der Waals surface area contributed by atoms with Gasteiger partial charge in [-0.3, -0.25) is 4.98 Å². The first-order chi connectivity index (χ1) is 8.33. The summed E-state index contributed by atoms with van der Waals surface area (Å²) in [6.45, 7) is 5.21. The molecule has 0 radical (unpaired) electrons. The molecule has 0 spiro atoms. The van der Waals surface area contributed by atoms with Gasteiger partial charge in [-0.1, -0.05) is 6.92 Å². The Kier molecular flexibility index (Phi) is 3.88. The van der Waals surface area contributed by atoms with E-state index in [4.69, 9.17) is 0 Å². The first-order valence-corrected chi connectivity index (χ1v) is 5.96. The Labute approximate surface area is 102 Å². The lowest BCUT2D eigenvalue weighted by Gasteiger charge is -2.18. The highest BCUT2D eigenvalue weighted by atomic mass is 15.0. The Balaban J connectivity index is 2.30. The Morgan fingerprint density at radius 2 is 2.29 bits per heavy atom. The molecule has 90 valence electrons. The lowest BCUT2D eigenvalue weighted by atomic mass is 10.0. The van der Waals surface area contributed by atoms with E-state index >= 15 is 0 Å². The molecule has 0 aliphatic carbocycles. The highest BCUT2D eigenvalue weighted by Crippen LogP contribution is 2.21. The lowest BCUT2D eigenvalue weighted by Crippen LogP contribution is -2.25. The van der Waals surface area contributed by atoms with Crippen molar-refractivity contribution in [2.24, 2.45) is 0 Å². The maximum absolute atomic E-state index is 4.34. The summed E-state index contributed by atoms with van der Waals surface area (Å²) in [4.78, 5) is 11.7. The second-order valence-corrected chi connectivity index (χ2v) is 4.09. The lowest BCUT2D eigenvalue weighted by molar-refractivity contribution is 0.573. The van der Waals surface area contributed by atoms with Crippen LogP contribution in [0.3, 0.4) is 0 Å². The van der Waals surface area contributed by atoms with Crippen LogP contribution in [0.5, 0.6) is 0 Å². The molecule has 0 bridgehead atoms. The van der Waals surface area contributed by atoms with Gasteiger partial charge in [0.15, 0.2) is 0 Å². The van der Waals surface area contributed by atoms with E-state index in [0.29, 0.717) is 0 Å². The molecule has 2 N–H and O–H groups in total. The van der Waals surface area contributed by atoms with Crippen molar-refractivity contribution in [3.05, 3.63) is 47.8 Å². The minimum absolute atomic E-state index is 0.0960. The Bertz CT molecular complexity index is 450. The van der Waals surface area contributed by atoms with E-state index in [2.05, 4.69) is 34.1 Å². The standard InChI is InChI=1S/C13H18N4/c1-3-5-15-12(13-16-7-8-17-13)11-9-14-6-4-10(11)2/h4,6-9,12,15H,3,5H2,1-2H3,(H,16,17). The Morgan fingerprint density at radius 3 is 2.94 bits per heavy atom. The zero-order chi connectivity index (χ0) is 12.1. The van der Waals surface area contributed by atoms with E-state index in [1.165, 1.54) is 11.1 Å². The number of pyridine rings is 1. The average molecular weight is 230 g/mol. The molecule has 0 saturated carbocycles. The third-order valence-electron chi connectivity index (χ3n) is 2.78. The summed E-state index contributed by atoms with van der Waals surface area (Å²) in [5.41, 5.74) is 2.40. The predicted molar refractivity (Wildman–Crippen MR) is 67.7 cm³/mol. The van der Waals surface area contributed by atoms with Crippen LogP contribution in [0.15, 0.2) is 30.9 Å². The van der Waals surface area contributed by atoms with Gasteiger partial charge in [0.2, 0.25) is 0 Å². The molecule has 1 unspecified atom stereocenters. The smallest absolute Gasteiger partial charge is 0.127 e. The maximum Gasteiger partial charge on any atom is 0.127 e. The largest absolute Gasteiger partial charge is 0.347 e. The van der Waals surface area contributed by atoms with Crippen molar-refractivity contribution >= 4 is 0 Å². The van der Waals surface area contributed by atoms with Crippen molar-refractivity contribution in [3.8, 4) is 0 Å². The number of nitrogens with one attached hydrogen (secondary N) is 2. The van der Waals surface area contributed by atoms with Crippen LogP contribution >= 0.6 is 0 Å². The van der Waals surface area contributed by atoms with Crippen molar-refractivity contribution in [1.29, 1.82) is 0 Å². The Morgan fingerprint density at radius 1 is 1.41 bits per heavy atom. The van der Waals surface area contributed by atoms with Gasteiger partial charge in [-0.05, 0) is 37.1 Å². The number of H-pyrrole nitrogens is 1. The topological polar surface area (TPSA) is 53.6 Å². The van der Waals surface area contributed by atoms with Gasteiger partial charge in [0.05, 0.1) is 6.04 Å². The molecular formula is C13H18N4. The van der Waals surface area contributed by atoms with Gasteiger partial charge in [-0.25, -0.2) is 4.98 Å². The molecule has 0 aromatic carbocycles. The molecule has 2 aromatic heterocycles. The van der Waals surface area contributed by atoms with E-state index in [1.54, 1.807) is 6.20 Å². The third kappa shape index (κ3) is 2.71. The second-order valence-electron chi connectivity index (χ2n) is 4.09. The molecule has 2 rings (SSSR count). The number of hydrogen-bond donors (Lipinski definition) is 2. The van der Waals surface area contributed by atoms with Crippen molar-refractivity contribution in [2.45, 2.75) is 26.3 Å². The number of imidazole rings is 1. The summed E-state index contributed by atoms with van der Waals surface area (Å²) >= 11 is 0. The first kappa shape index (κ1) is 11.8. The Hall–Kier alpha value is -1.68. The number of nitrogens with zero attached hydrogens (tertiary/aromatic N) is 2. The van der Waals surface area contributed by atoms with Crippen LogP contribution in [0.25, 0.3) is 0 Å². The number of aryl methyl sites for hydroxylation is 1. The molecule has 0 aliphatic rings. The van der Waals surface area contributed by atoms with E-state index in [0.717, 1.165) is 18.8 Å². The minimum Gasteiger partial charge on any atom is -0.347 e. The monoisotopic (exact) mass is 230 g/mol. The van der Waals surface area contributed by atoms with Gasteiger partial charge in [0, 0.05) is 24.8 Å². The van der Waals surface area contributed by atoms with Gasteiger partial charge in [-0.2, -0.15) is 0 Å². The molecule has 0 aliphatic heterocycles. The second kappa shape index (κ2) is 5.59. The minimum atomic E-state index is 0.0960. The highest BCUT2D eigenvalue weighted by Gasteiger charge is 2.17. The van der Waals surface area contributed by atoms with Crippen LogP contribution in [0.2, 0.25) is 0 Å². The van der Waals surface area contributed by atoms with Crippen LogP contribution in [-0.4, -0.2) is 21.5 Å². The zero-order valence-corrected chi connectivity index (χ0v) is 10.3. The summed E-state index contributed by atoms with van der Waals surface area (Å²) in [6, 6.07) is 2.12. The fourth-order valence-electron chi connectivity index (χ4n) is 1.86. The number of aromatic nitrogens is 3. The van der Waals surface area contributed by atoms with Crippen molar-refractivity contribution < 1.29 is 0 Å². The zero-order valence-electron chi connectivity index (χ0n) is 10.3. The molecule has 2 aromatic rings. The van der Waals surface area contributed by atoms with E-state index in [9.17, 15) is 0 Å². The van der Waals surface area contributed by atoms with Gasteiger partial charge in [0.25, 0.3) is 0 Å². The number of rotatable bonds is 5. The highest BCUT2D eigenvalue weighted by molar-refractivity contribution is 5.29.